The predicted octanol–water partition coefficient (Wildman–Crippen LogP) is 1.79. The highest BCUT2D eigenvalue weighted by molar-refractivity contribution is 7.19. The highest BCUT2D eigenvalue weighted by Crippen LogP contribution is 2.38. The Bertz CT molecular complexity index is 935. The minimum absolute atomic E-state index is 0.0969. The zero-order valence-electron chi connectivity index (χ0n) is 13.7. The summed E-state index contributed by atoms with van der Waals surface area (Å²) in [5, 5.41) is 5.72. The molecule has 6 nitrogen and oxygen atoms in total. The van der Waals surface area contributed by atoms with Crippen molar-refractivity contribution >= 4 is 27.2 Å². The molecule has 0 radical (unpaired) electrons. The van der Waals surface area contributed by atoms with Crippen molar-refractivity contribution in [3.05, 3.63) is 27.3 Å². The van der Waals surface area contributed by atoms with Gasteiger partial charge >= 0.3 is 5.69 Å². The summed E-state index contributed by atoms with van der Waals surface area (Å²) in [5.74, 6) is 0.728. The van der Waals surface area contributed by atoms with E-state index in [4.69, 9.17) is 0 Å². The number of nitrogens with zero attached hydrogens (tertiary/aromatic N) is 5. The van der Waals surface area contributed by atoms with Gasteiger partial charge < -0.3 is 4.90 Å². The first-order chi connectivity index (χ1) is 11.0. The average molecular weight is 331 g/mol. The molecule has 4 rings (SSSR count). The average Bonchev–Trinajstić information content (AvgIpc) is 3.02. The van der Waals surface area contributed by atoms with Gasteiger partial charge in [-0.2, -0.15) is 0 Å². The molecule has 0 fully saturated rings. The predicted molar refractivity (Wildman–Crippen MR) is 92.4 cm³/mol. The van der Waals surface area contributed by atoms with Gasteiger partial charge in [-0.25, -0.2) is 18.9 Å². The van der Waals surface area contributed by atoms with Gasteiger partial charge in [-0.05, 0) is 44.8 Å². The van der Waals surface area contributed by atoms with E-state index in [0.29, 0.717) is 6.54 Å². The lowest BCUT2D eigenvalue weighted by Crippen LogP contribution is -2.27. The van der Waals surface area contributed by atoms with Gasteiger partial charge in [0.25, 0.3) is 0 Å². The Labute approximate surface area is 138 Å². The quantitative estimate of drug-likeness (QED) is 0.734. The van der Waals surface area contributed by atoms with Crippen LogP contribution in [0.2, 0.25) is 0 Å². The molecule has 122 valence electrons. The zero-order valence-corrected chi connectivity index (χ0v) is 14.6. The van der Waals surface area contributed by atoms with Crippen molar-refractivity contribution in [1.82, 2.24) is 24.1 Å². The molecule has 1 aliphatic rings. The van der Waals surface area contributed by atoms with E-state index in [1.54, 1.807) is 26.7 Å². The lowest BCUT2D eigenvalue weighted by atomic mass is 9.89. The van der Waals surface area contributed by atoms with Crippen molar-refractivity contribution in [3.8, 4) is 0 Å². The molecule has 3 aromatic heterocycles. The minimum atomic E-state index is -0.0969. The van der Waals surface area contributed by atoms with Gasteiger partial charge in [-0.15, -0.1) is 16.4 Å². The van der Waals surface area contributed by atoms with Crippen molar-refractivity contribution in [1.29, 1.82) is 0 Å². The highest BCUT2D eigenvalue weighted by Gasteiger charge is 2.24. The van der Waals surface area contributed by atoms with E-state index in [-0.39, 0.29) is 5.69 Å². The van der Waals surface area contributed by atoms with Crippen LogP contribution >= 0.6 is 11.3 Å². The maximum Gasteiger partial charge on any atom is 0.351 e. The minimum Gasteiger partial charge on any atom is -0.308 e. The lowest BCUT2D eigenvalue weighted by molar-refractivity contribution is 0.369. The number of thiophene rings is 1. The molecule has 0 N–H and O–H groups in total. The summed E-state index contributed by atoms with van der Waals surface area (Å²) in [5.41, 5.74) is 2.04. The summed E-state index contributed by atoms with van der Waals surface area (Å²) in [4.78, 5) is 21.6. The van der Waals surface area contributed by atoms with Gasteiger partial charge in [0.05, 0.1) is 11.9 Å². The van der Waals surface area contributed by atoms with Gasteiger partial charge in [0.15, 0.2) is 5.65 Å². The van der Waals surface area contributed by atoms with Crippen molar-refractivity contribution in [2.24, 2.45) is 5.92 Å². The summed E-state index contributed by atoms with van der Waals surface area (Å²) >= 11 is 1.77. The fourth-order valence-electron chi connectivity index (χ4n) is 3.30. The molecule has 0 spiro atoms. The van der Waals surface area contributed by atoms with Gasteiger partial charge in [-0.3, -0.25) is 0 Å². The van der Waals surface area contributed by atoms with Crippen LogP contribution in [0.15, 0.2) is 11.1 Å². The van der Waals surface area contributed by atoms with Crippen molar-refractivity contribution in [2.45, 2.75) is 32.7 Å². The summed E-state index contributed by atoms with van der Waals surface area (Å²) < 4.78 is 3.16. The van der Waals surface area contributed by atoms with Gasteiger partial charge in [-0.1, -0.05) is 6.92 Å². The third kappa shape index (κ3) is 2.38. The fourth-order valence-corrected chi connectivity index (χ4v) is 4.65. The third-order valence-corrected chi connectivity index (χ3v) is 5.80. The second-order valence-electron chi connectivity index (χ2n) is 6.78. The number of hydrogen-bond acceptors (Lipinski definition) is 5. The number of fused-ring (bicyclic) bond motifs is 5. The van der Waals surface area contributed by atoms with Gasteiger partial charge in [0, 0.05) is 11.4 Å². The van der Waals surface area contributed by atoms with Crippen LogP contribution in [0, 0.1) is 5.92 Å². The Morgan fingerprint density at radius 1 is 1.43 bits per heavy atom. The SMILES string of the molecule is CC1CCc2c(sc3ncn4c(=O)n(CCN(C)C)nc4c23)C1. The molecule has 3 heterocycles. The van der Waals surface area contributed by atoms with E-state index in [0.717, 1.165) is 41.2 Å². The van der Waals surface area contributed by atoms with E-state index in [1.165, 1.54) is 16.9 Å². The van der Waals surface area contributed by atoms with Gasteiger partial charge in [0.1, 0.15) is 11.2 Å². The van der Waals surface area contributed by atoms with Crippen molar-refractivity contribution in [3.63, 3.8) is 0 Å². The van der Waals surface area contributed by atoms with E-state index in [1.807, 2.05) is 14.1 Å². The molecule has 1 unspecified atom stereocenters. The highest BCUT2D eigenvalue weighted by atomic mass is 32.1. The van der Waals surface area contributed by atoms with Crippen LogP contribution in [0.5, 0.6) is 0 Å². The standard InChI is InChI=1S/C16H21N5OS/c1-10-4-5-11-12(8-10)23-15-13(11)14-18-21(7-6-19(2)3)16(22)20(14)9-17-15/h9-10H,4-8H2,1-3H3. The molecule has 1 aliphatic carbocycles. The fraction of sp³-hybridized carbons (Fsp3) is 0.562. The molecule has 0 amide bonds. The van der Waals surface area contributed by atoms with Crippen LogP contribution in [0.25, 0.3) is 15.9 Å². The Morgan fingerprint density at radius 3 is 3.04 bits per heavy atom. The lowest BCUT2D eigenvalue weighted by Gasteiger charge is -2.17. The molecule has 7 heteroatoms. The first-order valence-electron chi connectivity index (χ1n) is 8.07. The molecular weight excluding hydrogens is 310 g/mol. The normalized spacial score (nSPS) is 18.2. The Hall–Kier alpha value is -1.73. The third-order valence-electron chi connectivity index (χ3n) is 4.64. The number of aromatic nitrogens is 4. The molecule has 0 bridgehead atoms. The maximum absolute atomic E-state index is 12.5. The largest absolute Gasteiger partial charge is 0.351 e. The molecule has 0 saturated heterocycles. The summed E-state index contributed by atoms with van der Waals surface area (Å²) in [6, 6.07) is 0. The van der Waals surface area contributed by atoms with E-state index < -0.39 is 0 Å². The van der Waals surface area contributed by atoms with Crippen LogP contribution in [0.1, 0.15) is 23.8 Å². The molecule has 0 aromatic carbocycles. The number of hydrogen-bond donors (Lipinski definition) is 0. The van der Waals surface area contributed by atoms with Crippen molar-refractivity contribution in [2.75, 3.05) is 20.6 Å². The first-order valence-corrected chi connectivity index (χ1v) is 8.89. The van der Waals surface area contributed by atoms with Crippen LogP contribution in [-0.2, 0) is 19.4 Å². The topological polar surface area (TPSA) is 55.4 Å². The molecule has 0 aliphatic heterocycles. The van der Waals surface area contributed by atoms with Crippen LogP contribution in [0.4, 0.5) is 0 Å². The van der Waals surface area contributed by atoms with E-state index in [2.05, 4.69) is 21.9 Å². The molecule has 23 heavy (non-hydrogen) atoms. The monoisotopic (exact) mass is 331 g/mol. The smallest absolute Gasteiger partial charge is 0.308 e. The van der Waals surface area contributed by atoms with E-state index >= 15 is 0 Å². The maximum atomic E-state index is 12.5. The number of aryl methyl sites for hydroxylation is 1. The second-order valence-corrected chi connectivity index (χ2v) is 7.86. The Kier molecular flexibility index (Phi) is 3.50. The van der Waals surface area contributed by atoms with E-state index in [9.17, 15) is 4.79 Å². The second kappa shape index (κ2) is 5.42. The Morgan fingerprint density at radius 2 is 2.26 bits per heavy atom. The number of rotatable bonds is 3. The summed E-state index contributed by atoms with van der Waals surface area (Å²) in [6.45, 7) is 3.69. The molecule has 1 atom stereocenters. The van der Waals surface area contributed by atoms with Crippen LogP contribution in [-0.4, -0.2) is 44.7 Å². The van der Waals surface area contributed by atoms with Crippen LogP contribution < -0.4 is 5.69 Å². The van der Waals surface area contributed by atoms with Crippen LogP contribution in [0.3, 0.4) is 0 Å². The summed E-state index contributed by atoms with van der Waals surface area (Å²) in [7, 11) is 3.99. The molecular formula is C16H21N5OS. The summed E-state index contributed by atoms with van der Waals surface area (Å²) in [6.07, 6.45) is 5.01. The Balaban J connectivity index is 1.91. The zero-order chi connectivity index (χ0) is 16.1. The molecule has 0 saturated carbocycles. The van der Waals surface area contributed by atoms with Crippen molar-refractivity contribution < 1.29 is 0 Å². The molecule has 3 aromatic rings. The number of likely N-dealkylation sites (N-methyl/N-ethyl adjacent to an activating group) is 1. The first kappa shape index (κ1) is 14.8. The van der Waals surface area contributed by atoms with Gasteiger partial charge in [0.2, 0.25) is 0 Å².